The standard InChI is InChI=1S/C14H19N3O2S.ClH/c1-10(15)13(18)16-12-4-2-3-11(9-12)14(19)17-5-7-20-8-6-17;/h2-4,9-10H,5-8,15H2,1H3,(H,16,18);1H/t10-;/m1./s1. The fourth-order valence-electron chi connectivity index (χ4n) is 1.94. The topological polar surface area (TPSA) is 75.4 Å². The predicted octanol–water partition coefficient (Wildman–Crippen LogP) is 1.58. The van der Waals surface area contributed by atoms with E-state index >= 15 is 0 Å². The number of carbonyl (C=O) groups excluding carboxylic acids is 2. The van der Waals surface area contributed by atoms with Gasteiger partial charge in [0.05, 0.1) is 6.04 Å². The van der Waals surface area contributed by atoms with Crippen molar-refractivity contribution >= 4 is 41.7 Å². The Morgan fingerprint density at radius 1 is 1.33 bits per heavy atom. The average molecular weight is 330 g/mol. The van der Waals surface area contributed by atoms with Crippen molar-refractivity contribution in [3.05, 3.63) is 29.8 Å². The van der Waals surface area contributed by atoms with Gasteiger partial charge in [0, 0.05) is 35.8 Å². The molecule has 5 nitrogen and oxygen atoms in total. The molecular weight excluding hydrogens is 310 g/mol. The Kier molecular flexibility index (Phi) is 7.01. The molecule has 3 N–H and O–H groups in total. The molecule has 1 aromatic carbocycles. The summed E-state index contributed by atoms with van der Waals surface area (Å²) in [6, 6.07) is 6.41. The predicted molar refractivity (Wildman–Crippen MR) is 89.2 cm³/mol. The molecule has 2 rings (SSSR count). The van der Waals surface area contributed by atoms with Gasteiger partial charge in [-0.2, -0.15) is 11.8 Å². The van der Waals surface area contributed by atoms with Gasteiger partial charge in [0.25, 0.3) is 5.91 Å². The molecule has 1 saturated heterocycles. The number of rotatable bonds is 3. The van der Waals surface area contributed by atoms with Crippen molar-refractivity contribution in [3.63, 3.8) is 0 Å². The molecule has 0 saturated carbocycles. The third-order valence-electron chi connectivity index (χ3n) is 3.09. The zero-order valence-electron chi connectivity index (χ0n) is 11.9. The molecule has 7 heteroatoms. The van der Waals surface area contributed by atoms with Crippen molar-refractivity contribution in [1.82, 2.24) is 4.90 Å². The van der Waals surface area contributed by atoms with E-state index in [2.05, 4.69) is 5.32 Å². The molecule has 1 aliphatic rings. The number of benzene rings is 1. The molecule has 0 spiro atoms. The summed E-state index contributed by atoms with van der Waals surface area (Å²) in [7, 11) is 0. The second-order valence-corrected chi connectivity index (χ2v) is 5.99. The number of hydrogen-bond donors (Lipinski definition) is 2. The third kappa shape index (κ3) is 4.91. The summed E-state index contributed by atoms with van der Waals surface area (Å²) in [5, 5.41) is 2.70. The number of nitrogens with two attached hydrogens (primary N) is 1. The molecule has 0 bridgehead atoms. The van der Waals surface area contributed by atoms with Gasteiger partial charge >= 0.3 is 0 Å². The second kappa shape index (κ2) is 8.26. The lowest BCUT2D eigenvalue weighted by Crippen LogP contribution is -2.38. The van der Waals surface area contributed by atoms with E-state index in [1.54, 1.807) is 31.2 Å². The largest absolute Gasteiger partial charge is 0.337 e. The Morgan fingerprint density at radius 3 is 2.62 bits per heavy atom. The maximum atomic E-state index is 12.4. The van der Waals surface area contributed by atoms with Crippen LogP contribution in [0.1, 0.15) is 17.3 Å². The van der Waals surface area contributed by atoms with Crippen molar-refractivity contribution in [1.29, 1.82) is 0 Å². The molecule has 116 valence electrons. The van der Waals surface area contributed by atoms with Crippen LogP contribution in [0, 0.1) is 0 Å². The van der Waals surface area contributed by atoms with Crippen molar-refractivity contribution in [2.24, 2.45) is 5.73 Å². The molecule has 0 radical (unpaired) electrons. The van der Waals surface area contributed by atoms with Gasteiger partial charge < -0.3 is 16.0 Å². The first-order chi connectivity index (χ1) is 9.58. The average Bonchev–Trinajstić information content (AvgIpc) is 2.47. The van der Waals surface area contributed by atoms with Crippen LogP contribution in [0.15, 0.2) is 24.3 Å². The molecule has 21 heavy (non-hydrogen) atoms. The fourth-order valence-corrected chi connectivity index (χ4v) is 2.84. The van der Waals surface area contributed by atoms with Gasteiger partial charge in [-0.1, -0.05) is 6.07 Å². The number of hydrogen-bond acceptors (Lipinski definition) is 4. The number of thioether (sulfide) groups is 1. The minimum atomic E-state index is -0.575. The third-order valence-corrected chi connectivity index (χ3v) is 4.03. The van der Waals surface area contributed by atoms with Gasteiger partial charge in [0.1, 0.15) is 0 Å². The maximum Gasteiger partial charge on any atom is 0.253 e. The fraction of sp³-hybridized carbons (Fsp3) is 0.429. The van der Waals surface area contributed by atoms with E-state index < -0.39 is 6.04 Å². The number of nitrogens with one attached hydrogen (secondary N) is 1. The first kappa shape index (κ1) is 17.8. The smallest absolute Gasteiger partial charge is 0.253 e. The highest BCUT2D eigenvalue weighted by molar-refractivity contribution is 7.99. The van der Waals surface area contributed by atoms with Gasteiger partial charge in [-0.05, 0) is 25.1 Å². The highest BCUT2D eigenvalue weighted by Gasteiger charge is 2.18. The van der Waals surface area contributed by atoms with Crippen LogP contribution in [0.2, 0.25) is 0 Å². The zero-order chi connectivity index (χ0) is 14.5. The molecule has 1 aliphatic heterocycles. The summed E-state index contributed by atoms with van der Waals surface area (Å²) in [5.41, 5.74) is 6.71. The zero-order valence-corrected chi connectivity index (χ0v) is 13.5. The van der Waals surface area contributed by atoms with Gasteiger partial charge in [0.2, 0.25) is 5.91 Å². The van der Waals surface area contributed by atoms with Gasteiger partial charge in [-0.3, -0.25) is 9.59 Å². The Bertz CT molecular complexity index is 505. The SMILES string of the molecule is C[C@@H](N)C(=O)Nc1cccc(C(=O)N2CCSCC2)c1.Cl. The summed E-state index contributed by atoms with van der Waals surface area (Å²) in [6.07, 6.45) is 0. The first-order valence-electron chi connectivity index (χ1n) is 6.61. The van der Waals surface area contributed by atoms with Gasteiger partial charge in [-0.15, -0.1) is 12.4 Å². The molecule has 0 aliphatic carbocycles. The van der Waals surface area contributed by atoms with Gasteiger partial charge in [-0.25, -0.2) is 0 Å². The maximum absolute atomic E-state index is 12.4. The van der Waals surface area contributed by atoms with Crippen LogP contribution in [0.3, 0.4) is 0 Å². The van der Waals surface area contributed by atoms with Crippen LogP contribution in [-0.4, -0.2) is 47.4 Å². The molecule has 1 fully saturated rings. The molecule has 2 amide bonds. The van der Waals surface area contributed by atoms with Crippen molar-refractivity contribution < 1.29 is 9.59 Å². The molecule has 1 atom stereocenters. The first-order valence-corrected chi connectivity index (χ1v) is 7.77. The lowest BCUT2D eigenvalue weighted by Gasteiger charge is -2.26. The Balaban J connectivity index is 0.00000220. The normalized spacial score (nSPS) is 15.8. The van der Waals surface area contributed by atoms with E-state index in [0.29, 0.717) is 11.3 Å². The molecule has 0 unspecified atom stereocenters. The number of halogens is 1. The number of carbonyl (C=O) groups is 2. The second-order valence-electron chi connectivity index (χ2n) is 4.76. The van der Waals surface area contributed by atoms with Gasteiger partial charge in [0.15, 0.2) is 0 Å². The monoisotopic (exact) mass is 329 g/mol. The number of anilines is 1. The number of amides is 2. The molecule has 1 aromatic rings. The van der Waals surface area contributed by atoms with E-state index in [0.717, 1.165) is 24.6 Å². The Morgan fingerprint density at radius 2 is 2.00 bits per heavy atom. The molecule has 0 aromatic heterocycles. The van der Waals surface area contributed by atoms with E-state index in [1.165, 1.54) is 0 Å². The Hall–Kier alpha value is -1.24. The highest BCUT2D eigenvalue weighted by atomic mass is 35.5. The van der Waals surface area contributed by atoms with E-state index in [4.69, 9.17) is 5.73 Å². The van der Waals surface area contributed by atoms with Crippen LogP contribution in [-0.2, 0) is 4.79 Å². The van der Waals surface area contributed by atoms with E-state index in [9.17, 15) is 9.59 Å². The lowest BCUT2D eigenvalue weighted by atomic mass is 10.1. The van der Waals surface area contributed by atoms with E-state index in [-0.39, 0.29) is 24.2 Å². The summed E-state index contributed by atoms with van der Waals surface area (Å²) < 4.78 is 0. The summed E-state index contributed by atoms with van der Waals surface area (Å²) >= 11 is 1.86. The highest BCUT2D eigenvalue weighted by Crippen LogP contribution is 2.16. The van der Waals surface area contributed by atoms with Crippen molar-refractivity contribution in [3.8, 4) is 0 Å². The van der Waals surface area contributed by atoms with Crippen molar-refractivity contribution in [2.45, 2.75) is 13.0 Å². The molecule has 1 heterocycles. The summed E-state index contributed by atoms with van der Waals surface area (Å²) in [5.74, 6) is 1.71. The van der Waals surface area contributed by atoms with E-state index in [1.807, 2.05) is 16.7 Å². The minimum Gasteiger partial charge on any atom is -0.337 e. The molecular formula is C14H20ClN3O2S. The number of nitrogens with zero attached hydrogens (tertiary/aromatic N) is 1. The van der Waals surface area contributed by atoms with Crippen LogP contribution < -0.4 is 11.1 Å². The summed E-state index contributed by atoms with van der Waals surface area (Å²) in [4.78, 5) is 25.8. The lowest BCUT2D eigenvalue weighted by molar-refractivity contribution is -0.117. The minimum absolute atomic E-state index is 0. The summed E-state index contributed by atoms with van der Waals surface area (Å²) in [6.45, 7) is 3.18. The van der Waals surface area contributed by atoms with Crippen LogP contribution in [0.25, 0.3) is 0 Å². The van der Waals surface area contributed by atoms with Crippen LogP contribution in [0.4, 0.5) is 5.69 Å². The van der Waals surface area contributed by atoms with Crippen LogP contribution in [0.5, 0.6) is 0 Å². The van der Waals surface area contributed by atoms with Crippen molar-refractivity contribution in [2.75, 3.05) is 29.9 Å². The quantitative estimate of drug-likeness (QED) is 0.883. The van der Waals surface area contributed by atoms with Crippen LogP contribution >= 0.6 is 24.2 Å². The Labute approximate surface area is 135 Å².